The minimum atomic E-state index is -3.33. The van der Waals surface area contributed by atoms with Crippen LogP contribution in [-0.4, -0.2) is 41.1 Å². The minimum Gasteiger partial charge on any atom is -0.325 e. The van der Waals surface area contributed by atoms with E-state index in [2.05, 4.69) is 21.6 Å². The maximum Gasteiger partial charge on any atom is 0.234 e. The third-order valence-corrected chi connectivity index (χ3v) is 6.06. The van der Waals surface area contributed by atoms with Gasteiger partial charge in [-0.2, -0.15) is 0 Å². The molecule has 0 saturated carbocycles. The maximum atomic E-state index is 12.3. The molecule has 2 aromatic carbocycles. The molecule has 28 heavy (non-hydrogen) atoms. The number of nitrogens with zero attached hydrogens (tertiary/aromatic N) is 3. The lowest BCUT2D eigenvalue weighted by Crippen LogP contribution is -2.15. The van der Waals surface area contributed by atoms with Crippen LogP contribution in [0.25, 0.3) is 5.69 Å². The quantitative estimate of drug-likeness (QED) is 0.621. The van der Waals surface area contributed by atoms with Crippen LogP contribution in [0.4, 0.5) is 5.69 Å². The molecule has 0 bridgehead atoms. The molecule has 1 aromatic heterocycles. The number of thioether (sulfide) groups is 1. The summed E-state index contributed by atoms with van der Waals surface area (Å²) in [6.07, 6.45) is 2.75. The summed E-state index contributed by atoms with van der Waals surface area (Å²) >= 11 is 1.26. The molecule has 0 aliphatic rings. The Balaban J connectivity index is 1.69. The van der Waals surface area contributed by atoms with Gasteiger partial charge < -0.3 is 5.32 Å². The molecule has 0 atom stereocenters. The average Bonchev–Trinajstić information content (AvgIpc) is 3.08. The molecular formula is C19H20N4O3S2. The molecule has 1 amide bonds. The molecule has 0 aliphatic heterocycles. The third kappa shape index (κ3) is 4.79. The Kier molecular flexibility index (Phi) is 5.85. The molecule has 0 saturated heterocycles. The number of amides is 1. The third-order valence-electron chi connectivity index (χ3n) is 4.01. The first-order valence-corrected chi connectivity index (χ1v) is 11.3. The van der Waals surface area contributed by atoms with Gasteiger partial charge in [-0.05, 0) is 43.7 Å². The summed E-state index contributed by atoms with van der Waals surface area (Å²) in [5.41, 5.74) is 3.65. The first-order chi connectivity index (χ1) is 13.2. The van der Waals surface area contributed by atoms with Crippen molar-refractivity contribution in [3.05, 3.63) is 59.9 Å². The van der Waals surface area contributed by atoms with Gasteiger partial charge in [-0.15, -0.1) is 10.2 Å². The topological polar surface area (TPSA) is 93.9 Å². The maximum absolute atomic E-state index is 12.3. The number of carbonyl (C=O) groups excluding carboxylic acids is 1. The second kappa shape index (κ2) is 8.15. The fourth-order valence-corrected chi connectivity index (χ4v) is 4.08. The van der Waals surface area contributed by atoms with Crippen molar-refractivity contribution in [2.45, 2.75) is 23.9 Å². The molecule has 1 N–H and O–H groups in total. The van der Waals surface area contributed by atoms with Gasteiger partial charge in [0.2, 0.25) is 5.91 Å². The highest BCUT2D eigenvalue weighted by atomic mass is 32.2. The standard InChI is InChI=1S/C19H20N4O3S2/c1-13-7-8-17(14(2)9-13)23-12-20-22-19(23)27-11-18(24)21-15-5-4-6-16(10-15)28(3,25)26/h4-10,12H,11H2,1-3H3,(H,21,24). The molecule has 7 nitrogen and oxygen atoms in total. The average molecular weight is 417 g/mol. The SMILES string of the molecule is Cc1ccc(-n2cnnc2SCC(=O)Nc2cccc(S(C)(=O)=O)c2)c(C)c1. The van der Waals surface area contributed by atoms with Crippen LogP contribution in [0.3, 0.4) is 0 Å². The van der Waals surface area contributed by atoms with Gasteiger partial charge in [0.15, 0.2) is 15.0 Å². The first-order valence-electron chi connectivity index (χ1n) is 8.44. The van der Waals surface area contributed by atoms with Crippen LogP contribution in [0.5, 0.6) is 0 Å². The largest absolute Gasteiger partial charge is 0.325 e. The summed E-state index contributed by atoms with van der Waals surface area (Å²) in [6, 6.07) is 12.3. The van der Waals surface area contributed by atoms with Gasteiger partial charge in [0, 0.05) is 11.9 Å². The smallest absolute Gasteiger partial charge is 0.234 e. The minimum absolute atomic E-state index is 0.118. The molecule has 9 heteroatoms. The Bertz CT molecular complexity index is 1120. The van der Waals surface area contributed by atoms with Gasteiger partial charge in [0.05, 0.1) is 16.3 Å². The van der Waals surface area contributed by atoms with Crippen LogP contribution >= 0.6 is 11.8 Å². The number of nitrogens with one attached hydrogen (secondary N) is 1. The Labute approximate surface area is 168 Å². The fourth-order valence-electron chi connectivity index (χ4n) is 2.70. The van der Waals surface area contributed by atoms with E-state index >= 15 is 0 Å². The zero-order valence-electron chi connectivity index (χ0n) is 15.7. The lowest BCUT2D eigenvalue weighted by Gasteiger charge is -2.10. The second-order valence-electron chi connectivity index (χ2n) is 6.41. The van der Waals surface area contributed by atoms with Gasteiger partial charge in [-0.1, -0.05) is 35.5 Å². The molecule has 0 aliphatic carbocycles. The molecule has 146 valence electrons. The number of sulfone groups is 1. The summed E-state index contributed by atoms with van der Waals surface area (Å²) in [7, 11) is -3.33. The van der Waals surface area contributed by atoms with Crippen LogP contribution in [0.1, 0.15) is 11.1 Å². The van der Waals surface area contributed by atoms with E-state index in [9.17, 15) is 13.2 Å². The molecule has 0 spiro atoms. The second-order valence-corrected chi connectivity index (χ2v) is 9.37. The summed E-state index contributed by atoms with van der Waals surface area (Å²) in [6.45, 7) is 4.04. The highest BCUT2D eigenvalue weighted by Gasteiger charge is 2.13. The molecular weight excluding hydrogens is 396 g/mol. The highest BCUT2D eigenvalue weighted by Crippen LogP contribution is 2.23. The van der Waals surface area contributed by atoms with Crippen molar-refractivity contribution in [3.63, 3.8) is 0 Å². The van der Waals surface area contributed by atoms with Crippen LogP contribution in [0.2, 0.25) is 0 Å². The summed E-state index contributed by atoms with van der Waals surface area (Å²) in [5.74, 6) is -0.141. The molecule has 3 aromatic rings. The lowest BCUT2D eigenvalue weighted by molar-refractivity contribution is -0.113. The normalized spacial score (nSPS) is 11.4. The summed E-state index contributed by atoms with van der Waals surface area (Å²) in [5, 5.41) is 11.4. The van der Waals surface area contributed by atoms with Crippen LogP contribution < -0.4 is 5.32 Å². The number of hydrogen-bond donors (Lipinski definition) is 1. The first kappa shape index (κ1) is 20.1. The number of hydrogen-bond acceptors (Lipinski definition) is 6. The monoisotopic (exact) mass is 416 g/mol. The van der Waals surface area contributed by atoms with Crippen LogP contribution in [0, 0.1) is 13.8 Å². The molecule has 1 heterocycles. The van der Waals surface area contributed by atoms with Crippen molar-refractivity contribution in [1.29, 1.82) is 0 Å². The zero-order valence-corrected chi connectivity index (χ0v) is 17.3. The van der Waals surface area contributed by atoms with Gasteiger partial charge in [0.1, 0.15) is 6.33 Å². The summed E-state index contributed by atoms with van der Waals surface area (Å²) in [4.78, 5) is 12.4. The number of aromatic nitrogens is 3. The van der Waals surface area contributed by atoms with E-state index in [0.29, 0.717) is 10.8 Å². The number of benzene rings is 2. The molecule has 3 rings (SSSR count). The fraction of sp³-hybridized carbons (Fsp3) is 0.211. The molecule has 0 unspecified atom stereocenters. The Hall–Kier alpha value is -2.65. The van der Waals surface area contributed by atoms with Crippen molar-refractivity contribution in [3.8, 4) is 5.69 Å². The molecule has 0 fully saturated rings. The van der Waals surface area contributed by atoms with Gasteiger partial charge in [-0.3, -0.25) is 9.36 Å². The predicted molar refractivity (Wildman–Crippen MR) is 110 cm³/mol. The molecule has 0 radical (unpaired) electrons. The van der Waals surface area contributed by atoms with Crippen molar-refractivity contribution in [2.75, 3.05) is 17.3 Å². The van der Waals surface area contributed by atoms with E-state index in [1.807, 2.05) is 30.5 Å². The van der Waals surface area contributed by atoms with Crippen molar-refractivity contribution >= 4 is 33.2 Å². The Morgan fingerprint density at radius 2 is 1.96 bits per heavy atom. The van der Waals surface area contributed by atoms with E-state index in [1.54, 1.807) is 18.5 Å². The van der Waals surface area contributed by atoms with Gasteiger partial charge in [0.25, 0.3) is 0 Å². The van der Waals surface area contributed by atoms with E-state index in [4.69, 9.17) is 0 Å². The Morgan fingerprint density at radius 3 is 2.68 bits per heavy atom. The number of carbonyl (C=O) groups is 1. The van der Waals surface area contributed by atoms with Crippen molar-refractivity contribution in [1.82, 2.24) is 14.8 Å². The lowest BCUT2D eigenvalue weighted by atomic mass is 10.1. The number of anilines is 1. The van der Waals surface area contributed by atoms with E-state index in [0.717, 1.165) is 17.5 Å². The van der Waals surface area contributed by atoms with Gasteiger partial charge in [-0.25, -0.2) is 8.42 Å². The van der Waals surface area contributed by atoms with Gasteiger partial charge >= 0.3 is 0 Å². The highest BCUT2D eigenvalue weighted by molar-refractivity contribution is 7.99. The van der Waals surface area contributed by atoms with E-state index in [1.165, 1.54) is 29.5 Å². The van der Waals surface area contributed by atoms with Crippen molar-refractivity contribution in [2.24, 2.45) is 0 Å². The number of aryl methyl sites for hydroxylation is 2. The number of rotatable bonds is 6. The van der Waals surface area contributed by atoms with E-state index in [-0.39, 0.29) is 16.6 Å². The van der Waals surface area contributed by atoms with Crippen LogP contribution in [0.15, 0.2) is 58.8 Å². The van der Waals surface area contributed by atoms with Crippen LogP contribution in [-0.2, 0) is 14.6 Å². The van der Waals surface area contributed by atoms with Crippen molar-refractivity contribution < 1.29 is 13.2 Å². The summed E-state index contributed by atoms with van der Waals surface area (Å²) < 4.78 is 25.1. The zero-order chi connectivity index (χ0) is 20.3. The Morgan fingerprint density at radius 1 is 1.18 bits per heavy atom. The van der Waals surface area contributed by atoms with E-state index < -0.39 is 9.84 Å². The predicted octanol–water partition coefficient (Wildman–Crippen LogP) is 3.02.